The SMILES string of the molecule is COc1ccc(OC)c(NS(=O)(=O)c2ccc(NC(=O)CN(c3ccc(C)cc3C)S(=O)(=O)c3ccc(C)cc3)cc2)c1. The summed E-state index contributed by atoms with van der Waals surface area (Å²) in [5.74, 6) is 0.142. The van der Waals surface area contributed by atoms with Crippen molar-refractivity contribution in [3.8, 4) is 11.5 Å². The lowest BCUT2D eigenvalue weighted by Crippen LogP contribution is -2.38. The smallest absolute Gasteiger partial charge is 0.264 e. The van der Waals surface area contributed by atoms with E-state index in [1.165, 1.54) is 56.7 Å². The molecule has 0 bridgehead atoms. The first kappa shape index (κ1) is 31.4. The van der Waals surface area contributed by atoms with Crippen molar-refractivity contribution < 1.29 is 31.1 Å². The number of nitrogens with one attached hydrogen (secondary N) is 2. The average molecular weight is 624 g/mol. The number of hydrogen-bond acceptors (Lipinski definition) is 7. The van der Waals surface area contributed by atoms with Crippen molar-refractivity contribution in [2.45, 2.75) is 30.6 Å². The van der Waals surface area contributed by atoms with E-state index in [2.05, 4.69) is 10.0 Å². The highest BCUT2D eigenvalue weighted by Crippen LogP contribution is 2.31. The zero-order chi connectivity index (χ0) is 31.4. The van der Waals surface area contributed by atoms with Crippen LogP contribution in [0.1, 0.15) is 16.7 Å². The standard InChI is InChI=1S/C31H33N3O7S2/c1-21-6-12-27(13-7-21)43(38,39)34(29-16-8-22(2)18-23(29)3)20-31(35)32-24-9-14-26(15-10-24)42(36,37)33-28-19-25(40-4)11-17-30(28)41-5/h6-19,33H,20H2,1-5H3,(H,32,35). The first-order valence-electron chi connectivity index (χ1n) is 13.2. The molecule has 0 aliphatic carbocycles. The van der Waals surface area contributed by atoms with Crippen LogP contribution in [0.4, 0.5) is 17.1 Å². The van der Waals surface area contributed by atoms with Crippen LogP contribution in [-0.2, 0) is 24.8 Å². The van der Waals surface area contributed by atoms with Crippen molar-refractivity contribution in [1.82, 2.24) is 0 Å². The van der Waals surface area contributed by atoms with E-state index in [0.29, 0.717) is 22.7 Å². The van der Waals surface area contributed by atoms with Crippen LogP contribution in [-0.4, -0.2) is 43.5 Å². The van der Waals surface area contributed by atoms with Gasteiger partial charge in [-0.15, -0.1) is 0 Å². The second kappa shape index (κ2) is 12.8. The summed E-state index contributed by atoms with van der Waals surface area (Å²) in [5, 5.41) is 2.67. The summed E-state index contributed by atoms with van der Waals surface area (Å²) >= 11 is 0. The number of carbonyl (C=O) groups is 1. The lowest BCUT2D eigenvalue weighted by molar-refractivity contribution is -0.114. The van der Waals surface area contributed by atoms with Gasteiger partial charge in [0.1, 0.15) is 18.0 Å². The molecular formula is C31H33N3O7S2. The quantitative estimate of drug-likeness (QED) is 0.233. The number of methoxy groups -OCH3 is 2. The minimum absolute atomic E-state index is 0.0561. The average Bonchev–Trinajstić information content (AvgIpc) is 2.96. The third kappa shape index (κ3) is 7.27. The molecule has 0 fully saturated rings. The molecule has 0 aromatic heterocycles. The van der Waals surface area contributed by atoms with Crippen LogP contribution in [0.2, 0.25) is 0 Å². The third-order valence-electron chi connectivity index (χ3n) is 6.62. The van der Waals surface area contributed by atoms with Gasteiger partial charge in [-0.2, -0.15) is 0 Å². The first-order valence-corrected chi connectivity index (χ1v) is 16.1. The minimum Gasteiger partial charge on any atom is -0.497 e. The molecule has 0 aliphatic heterocycles. The van der Waals surface area contributed by atoms with E-state index in [1.807, 2.05) is 19.9 Å². The van der Waals surface area contributed by atoms with Gasteiger partial charge in [-0.1, -0.05) is 35.4 Å². The summed E-state index contributed by atoms with van der Waals surface area (Å²) in [5.41, 5.74) is 3.41. The molecule has 0 spiro atoms. The highest BCUT2D eigenvalue weighted by atomic mass is 32.2. The number of rotatable bonds is 11. The Bertz CT molecular complexity index is 1840. The van der Waals surface area contributed by atoms with E-state index in [-0.39, 0.29) is 21.2 Å². The molecule has 0 heterocycles. The molecule has 0 aliphatic rings. The largest absolute Gasteiger partial charge is 0.497 e. The molecule has 12 heteroatoms. The lowest BCUT2D eigenvalue weighted by atomic mass is 10.1. The van der Waals surface area contributed by atoms with Gasteiger partial charge in [-0.3, -0.25) is 13.8 Å². The number of anilines is 3. The van der Waals surface area contributed by atoms with Gasteiger partial charge in [0.2, 0.25) is 5.91 Å². The third-order valence-corrected chi connectivity index (χ3v) is 9.77. The Morgan fingerprint density at radius 3 is 1.98 bits per heavy atom. The molecule has 0 unspecified atom stereocenters. The number of amides is 1. The summed E-state index contributed by atoms with van der Waals surface area (Å²) < 4.78 is 67.5. The Morgan fingerprint density at radius 2 is 1.37 bits per heavy atom. The Labute approximate surface area is 252 Å². The van der Waals surface area contributed by atoms with Crippen molar-refractivity contribution in [3.05, 3.63) is 102 Å². The molecule has 2 N–H and O–H groups in total. The summed E-state index contributed by atoms with van der Waals surface area (Å²) in [7, 11) is -5.23. The number of benzene rings is 4. The molecule has 4 aromatic rings. The summed E-state index contributed by atoms with van der Waals surface area (Å²) in [6.07, 6.45) is 0. The van der Waals surface area contributed by atoms with Gasteiger partial charge >= 0.3 is 0 Å². The molecule has 0 saturated heterocycles. The number of carbonyl (C=O) groups excluding carboxylic acids is 1. The molecule has 4 rings (SSSR count). The van der Waals surface area contributed by atoms with Crippen LogP contribution in [0.3, 0.4) is 0 Å². The van der Waals surface area contributed by atoms with Gasteiger partial charge in [0.05, 0.1) is 35.4 Å². The lowest BCUT2D eigenvalue weighted by Gasteiger charge is -2.26. The Balaban J connectivity index is 1.56. The summed E-state index contributed by atoms with van der Waals surface area (Å²) in [6, 6.07) is 21.9. The van der Waals surface area contributed by atoms with Gasteiger partial charge in [-0.05, 0) is 80.9 Å². The van der Waals surface area contributed by atoms with E-state index in [0.717, 1.165) is 15.4 Å². The maximum atomic E-state index is 13.7. The van der Waals surface area contributed by atoms with Crippen LogP contribution in [0.25, 0.3) is 0 Å². The van der Waals surface area contributed by atoms with Crippen LogP contribution in [0, 0.1) is 20.8 Å². The van der Waals surface area contributed by atoms with Gasteiger partial charge in [0, 0.05) is 11.8 Å². The topological polar surface area (TPSA) is 131 Å². The molecule has 226 valence electrons. The zero-order valence-corrected chi connectivity index (χ0v) is 26.0. The fourth-order valence-corrected chi connectivity index (χ4v) is 6.91. The minimum atomic E-state index is -4.09. The molecule has 0 saturated carbocycles. The summed E-state index contributed by atoms with van der Waals surface area (Å²) in [4.78, 5) is 13.2. The monoisotopic (exact) mass is 623 g/mol. The molecule has 10 nitrogen and oxygen atoms in total. The molecule has 43 heavy (non-hydrogen) atoms. The van der Waals surface area contributed by atoms with Crippen LogP contribution >= 0.6 is 0 Å². The Hall–Kier alpha value is -4.55. The van der Waals surface area contributed by atoms with E-state index >= 15 is 0 Å². The highest BCUT2D eigenvalue weighted by Gasteiger charge is 2.28. The van der Waals surface area contributed by atoms with Gasteiger partial charge in [0.25, 0.3) is 20.0 Å². The number of nitrogens with zero attached hydrogens (tertiary/aromatic N) is 1. The predicted molar refractivity (Wildman–Crippen MR) is 167 cm³/mol. The fourth-order valence-electron chi connectivity index (χ4n) is 4.37. The van der Waals surface area contributed by atoms with Crippen LogP contribution in [0.15, 0.2) is 94.7 Å². The van der Waals surface area contributed by atoms with E-state index < -0.39 is 32.5 Å². The van der Waals surface area contributed by atoms with Gasteiger partial charge in [-0.25, -0.2) is 16.8 Å². The van der Waals surface area contributed by atoms with Crippen LogP contribution < -0.4 is 23.8 Å². The van der Waals surface area contributed by atoms with Crippen molar-refractivity contribution in [3.63, 3.8) is 0 Å². The molecular weight excluding hydrogens is 590 g/mol. The maximum Gasteiger partial charge on any atom is 0.264 e. The van der Waals surface area contributed by atoms with E-state index in [9.17, 15) is 21.6 Å². The van der Waals surface area contributed by atoms with Crippen molar-refractivity contribution in [2.75, 3.05) is 35.1 Å². The molecule has 0 atom stereocenters. The van der Waals surface area contributed by atoms with E-state index in [1.54, 1.807) is 43.3 Å². The van der Waals surface area contributed by atoms with Gasteiger partial charge < -0.3 is 14.8 Å². The second-order valence-corrected chi connectivity index (χ2v) is 13.4. The molecule has 1 amide bonds. The zero-order valence-electron chi connectivity index (χ0n) is 24.4. The van der Waals surface area contributed by atoms with E-state index in [4.69, 9.17) is 9.47 Å². The normalized spacial score (nSPS) is 11.5. The molecule has 4 aromatic carbocycles. The molecule has 0 radical (unpaired) electrons. The maximum absolute atomic E-state index is 13.7. The first-order chi connectivity index (χ1) is 20.3. The number of hydrogen-bond donors (Lipinski definition) is 2. The number of sulfonamides is 2. The second-order valence-electron chi connectivity index (χ2n) is 9.86. The van der Waals surface area contributed by atoms with Crippen LogP contribution in [0.5, 0.6) is 11.5 Å². The number of aryl methyl sites for hydroxylation is 3. The number of ether oxygens (including phenoxy) is 2. The fraction of sp³-hybridized carbons (Fsp3) is 0.194. The van der Waals surface area contributed by atoms with Crippen molar-refractivity contribution >= 4 is 43.0 Å². The predicted octanol–water partition coefficient (Wildman–Crippen LogP) is 5.26. The highest BCUT2D eigenvalue weighted by molar-refractivity contribution is 7.93. The van der Waals surface area contributed by atoms with Crippen molar-refractivity contribution in [2.24, 2.45) is 0 Å². The summed E-state index contributed by atoms with van der Waals surface area (Å²) in [6.45, 7) is 5.03. The Kier molecular flexibility index (Phi) is 9.31. The Morgan fingerprint density at radius 1 is 0.744 bits per heavy atom. The van der Waals surface area contributed by atoms with Crippen molar-refractivity contribution in [1.29, 1.82) is 0 Å². The van der Waals surface area contributed by atoms with Gasteiger partial charge in [0.15, 0.2) is 0 Å².